The lowest BCUT2D eigenvalue weighted by Crippen LogP contribution is -2.34. The number of rotatable bonds is 2. The molecule has 1 unspecified atom stereocenters. The number of carboxylic acids is 1. The SMILES string of the molecule is CC1CCCN(c2ccc(C(=O)O)cc2N)C1. The summed E-state index contributed by atoms with van der Waals surface area (Å²) in [4.78, 5) is 13.1. The number of piperidine rings is 1. The highest BCUT2D eigenvalue weighted by atomic mass is 16.4. The zero-order valence-electron chi connectivity index (χ0n) is 10.0. The summed E-state index contributed by atoms with van der Waals surface area (Å²) in [6.45, 7) is 4.23. The van der Waals surface area contributed by atoms with Gasteiger partial charge in [0, 0.05) is 13.1 Å². The Morgan fingerprint density at radius 1 is 1.53 bits per heavy atom. The third kappa shape index (κ3) is 2.52. The number of hydrogen-bond acceptors (Lipinski definition) is 3. The predicted octanol–water partition coefficient (Wildman–Crippen LogP) is 2.20. The van der Waals surface area contributed by atoms with Crippen molar-refractivity contribution in [3.8, 4) is 0 Å². The first-order chi connectivity index (χ1) is 8.08. The fourth-order valence-corrected chi connectivity index (χ4v) is 2.38. The summed E-state index contributed by atoms with van der Waals surface area (Å²) in [5.74, 6) is -0.266. The van der Waals surface area contributed by atoms with Crippen LogP contribution in [-0.4, -0.2) is 24.2 Å². The lowest BCUT2D eigenvalue weighted by Gasteiger charge is -2.33. The summed E-state index contributed by atoms with van der Waals surface area (Å²) >= 11 is 0. The van der Waals surface area contributed by atoms with E-state index >= 15 is 0 Å². The number of nitrogens with zero attached hydrogens (tertiary/aromatic N) is 1. The number of nitrogen functional groups attached to an aromatic ring is 1. The minimum absolute atomic E-state index is 0.247. The van der Waals surface area contributed by atoms with Crippen molar-refractivity contribution >= 4 is 17.3 Å². The Bertz CT molecular complexity index is 431. The van der Waals surface area contributed by atoms with Crippen LogP contribution in [0.5, 0.6) is 0 Å². The standard InChI is InChI=1S/C13H18N2O2/c1-9-3-2-6-15(8-9)12-5-4-10(13(16)17)7-11(12)14/h4-5,7,9H,2-3,6,8,14H2,1H3,(H,16,17). The maximum Gasteiger partial charge on any atom is 0.335 e. The van der Waals surface area contributed by atoms with E-state index < -0.39 is 5.97 Å². The number of hydrogen-bond donors (Lipinski definition) is 2. The van der Waals surface area contributed by atoms with Crippen molar-refractivity contribution in [1.82, 2.24) is 0 Å². The molecule has 0 aromatic heterocycles. The van der Waals surface area contributed by atoms with Crippen LogP contribution in [0.3, 0.4) is 0 Å². The van der Waals surface area contributed by atoms with Gasteiger partial charge in [0.2, 0.25) is 0 Å². The van der Waals surface area contributed by atoms with E-state index in [0.29, 0.717) is 11.6 Å². The molecule has 0 amide bonds. The Labute approximate surface area is 101 Å². The molecule has 0 saturated carbocycles. The molecule has 1 saturated heterocycles. The van der Waals surface area contributed by atoms with Crippen LogP contribution in [0.25, 0.3) is 0 Å². The van der Waals surface area contributed by atoms with Gasteiger partial charge in [-0.25, -0.2) is 4.79 Å². The Balaban J connectivity index is 2.23. The van der Waals surface area contributed by atoms with Crippen LogP contribution in [0.2, 0.25) is 0 Å². The number of carbonyl (C=O) groups is 1. The maximum atomic E-state index is 10.8. The van der Waals surface area contributed by atoms with E-state index in [9.17, 15) is 4.79 Å². The fourth-order valence-electron chi connectivity index (χ4n) is 2.38. The van der Waals surface area contributed by atoms with Crippen molar-refractivity contribution in [3.63, 3.8) is 0 Å². The molecule has 2 rings (SSSR count). The molecule has 1 aliphatic rings. The molecule has 1 heterocycles. The van der Waals surface area contributed by atoms with E-state index in [1.54, 1.807) is 6.07 Å². The van der Waals surface area contributed by atoms with Gasteiger partial charge in [0.15, 0.2) is 0 Å². The van der Waals surface area contributed by atoms with Gasteiger partial charge in [0.25, 0.3) is 0 Å². The molecular weight excluding hydrogens is 216 g/mol. The van der Waals surface area contributed by atoms with Gasteiger partial charge in [-0.2, -0.15) is 0 Å². The Kier molecular flexibility index (Phi) is 3.22. The average molecular weight is 234 g/mol. The van der Waals surface area contributed by atoms with Crippen molar-refractivity contribution < 1.29 is 9.90 Å². The first kappa shape index (κ1) is 11.8. The van der Waals surface area contributed by atoms with Gasteiger partial charge in [-0.05, 0) is 37.0 Å². The smallest absolute Gasteiger partial charge is 0.335 e. The summed E-state index contributed by atoms with van der Waals surface area (Å²) in [6, 6.07) is 4.97. The maximum absolute atomic E-state index is 10.8. The van der Waals surface area contributed by atoms with Crippen LogP contribution in [-0.2, 0) is 0 Å². The third-order valence-electron chi connectivity index (χ3n) is 3.27. The Morgan fingerprint density at radius 2 is 2.29 bits per heavy atom. The number of anilines is 2. The van der Waals surface area contributed by atoms with Gasteiger partial charge in [-0.15, -0.1) is 0 Å². The molecule has 1 aromatic carbocycles. The quantitative estimate of drug-likeness (QED) is 0.770. The highest BCUT2D eigenvalue weighted by molar-refractivity contribution is 5.90. The van der Waals surface area contributed by atoms with E-state index in [1.807, 2.05) is 6.07 Å². The number of nitrogens with two attached hydrogens (primary N) is 1. The van der Waals surface area contributed by atoms with Crippen LogP contribution in [0.4, 0.5) is 11.4 Å². The molecule has 0 spiro atoms. The second-order valence-corrected chi connectivity index (χ2v) is 4.77. The summed E-state index contributed by atoms with van der Waals surface area (Å²) in [6.07, 6.45) is 2.42. The first-order valence-electron chi connectivity index (χ1n) is 5.95. The lowest BCUT2D eigenvalue weighted by atomic mass is 9.99. The number of benzene rings is 1. The Morgan fingerprint density at radius 3 is 2.88 bits per heavy atom. The molecular formula is C13H18N2O2. The fraction of sp³-hybridized carbons (Fsp3) is 0.462. The third-order valence-corrected chi connectivity index (χ3v) is 3.27. The van der Waals surface area contributed by atoms with Gasteiger partial charge < -0.3 is 15.7 Å². The highest BCUT2D eigenvalue weighted by Gasteiger charge is 2.18. The van der Waals surface area contributed by atoms with Crippen LogP contribution in [0.15, 0.2) is 18.2 Å². The predicted molar refractivity (Wildman–Crippen MR) is 68.4 cm³/mol. The van der Waals surface area contributed by atoms with Crippen molar-refractivity contribution in [2.24, 2.45) is 5.92 Å². The van der Waals surface area contributed by atoms with Gasteiger partial charge >= 0.3 is 5.97 Å². The minimum atomic E-state index is -0.935. The van der Waals surface area contributed by atoms with Crippen molar-refractivity contribution in [2.45, 2.75) is 19.8 Å². The zero-order valence-corrected chi connectivity index (χ0v) is 10.0. The summed E-state index contributed by atoms with van der Waals surface area (Å²) < 4.78 is 0. The topological polar surface area (TPSA) is 66.6 Å². The van der Waals surface area contributed by atoms with Gasteiger partial charge in [0.1, 0.15) is 0 Å². The largest absolute Gasteiger partial charge is 0.478 e. The molecule has 4 heteroatoms. The van der Waals surface area contributed by atoms with E-state index in [4.69, 9.17) is 10.8 Å². The highest BCUT2D eigenvalue weighted by Crippen LogP contribution is 2.28. The average Bonchev–Trinajstić information content (AvgIpc) is 2.28. The molecule has 1 atom stereocenters. The molecule has 1 fully saturated rings. The van der Waals surface area contributed by atoms with Crippen LogP contribution in [0, 0.1) is 5.92 Å². The van der Waals surface area contributed by atoms with E-state index in [1.165, 1.54) is 18.9 Å². The summed E-state index contributed by atoms with van der Waals surface area (Å²) in [7, 11) is 0. The molecule has 1 aromatic rings. The normalized spacial score (nSPS) is 20.3. The van der Waals surface area contributed by atoms with E-state index in [-0.39, 0.29) is 5.56 Å². The molecule has 92 valence electrons. The lowest BCUT2D eigenvalue weighted by molar-refractivity contribution is 0.0697. The molecule has 1 aliphatic heterocycles. The van der Waals surface area contributed by atoms with Gasteiger partial charge in [-0.1, -0.05) is 6.92 Å². The first-order valence-corrected chi connectivity index (χ1v) is 5.95. The van der Waals surface area contributed by atoms with E-state index in [0.717, 1.165) is 18.8 Å². The van der Waals surface area contributed by atoms with E-state index in [2.05, 4.69) is 11.8 Å². The van der Waals surface area contributed by atoms with Gasteiger partial charge in [0.05, 0.1) is 16.9 Å². The second-order valence-electron chi connectivity index (χ2n) is 4.77. The molecule has 0 aliphatic carbocycles. The monoisotopic (exact) mass is 234 g/mol. The minimum Gasteiger partial charge on any atom is -0.478 e. The molecule has 3 N–H and O–H groups in total. The molecule has 0 radical (unpaired) electrons. The van der Waals surface area contributed by atoms with Crippen LogP contribution < -0.4 is 10.6 Å². The number of aromatic carboxylic acids is 1. The van der Waals surface area contributed by atoms with Crippen molar-refractivity contribution in [2.75, 3.05) is 23.7 Å². The molecule has 4 nitrogen and oxygen atoms in total. The molecule has 17 heavy (non-hydrogen) atoms. The van der Waals surface area contributed by atoms with Crippen molar-refractivity contribution in [3.05, 3.63) is 23.8 Å². The zero-order chi connectivity index (χ0) is 12.4. The number of carboxylic acid groups (broad SMARTS) is 1. The summed E-state index contributed by atoms with van der Waals surface area (Å²) in [5, 5.41) is 8.88. The second kappa shape index (κ2) is 4.65. The Hall–Kier alpha value is -1.71. The van der Waals surface area contributed by atoms with Crippen molar-refractivity contribution in [1.29, 1.82) is 0 Å². The summed E-state index contributed by atoms with van der Waals surface area (Å²) in [5.41, 5.74) is 7.69. The van der Waals surface area contributed by atoms with Gasteiger partial charge in [-0.3, -0.25) is 0 Å². The van der Waals surface area contributed by atoms with Crippen LogP contribution >= 0.6 is 0 Å². The van der Waals surface area contributed by atoms with Crippen LogP contribution in [0.1, 0.15) is 30.1 Å². The molecule has 0 bridgehead atoms.